The molecule has 0 spiro atoms. The molecule has 0 heterocycles. The molecule has 2 aromatic carbocycles. The molecule has 0 aliphatic carbocycles. The second-order valence-corrected chi connectivity index (χ2v) is 6.66. The van der Waals surface area contributed by atoms with Gasteiger partial charge in [0.1, 0.15) is 5.75 Å². The van der Waals surface area contributed by atoms with Crippen LogP contribution in [0.4, 0.5) is 0 Å². The minimum absolute atomic E-state index is 0. The van der Waals surface area contributed by atoms with E-state index in [9.17, 15) is 4.79 Å². The zero-order chi connectivity index (χ0) is 18.2. The number of hydrogen-bond donors (Lipinski definition) is 2. The summed E-state index contributed by atoms with van der Waals surface area (Å²) in [4.78, 5) is 12.5. The van der Waals surface area contributed by atoms with Crippen LogP contribution in [0.2, 0.25) is 0 Å². The van der Waals surface area contributed by atoms with E-state index in [4.69, 9.17) is 10.5 Å². The summed E-state index contributed by atoms with van der Waals surface area (Å²) in [6.45, 7) is 4.22. The van der Waals surface area contributed by atoms with E-state index in [1.54, 1.807) is 7.11 Å². The van der Waals surface area contributed by atoms with E-state index in [-0.39, 0.29) is 36.8 Å². The average Bonchev–Trinajstić information content (AvgIpc) is 2.62. The highest BCUT2D eigenvalue weighted by molar-refractivity contribution is 5.85. The standard InChI is InChI=1S/C21H28N2O2.ClH/c1-15(2)19(13-17-11-7-8-12-20(17)25-3)23-21(24)14-18(22)16-9-5-4-6-10-16;/h4-12,15,18-19H,13-14,22H2,1-3H3,(H,23,24);1H. The molecule has 142 valence electrons. The maximum Gasteiger partial charge on any atom is 0.222 e. The zero-order valence-electron chi connectivity index (χ0n) is 15.6. The van der Waals surface area contributed by atoms with Gasteiger partial charge in [0.15, 0.2) is 0 Å². The number of amides is 1. The molecule has 5 heteroatoms. The van der Waals surface area contributed by atoms with E-state index in [1.807, 2.05) is 54.6 Å². The number of benzene rings is 2. The quantitative estimate of drug-likeness (QED) is 0.734. The molecular formula is C21H29ClN2O2. The summed E-state index contributed by atoms with van der Waals surface area (Å²) in [6, 6.07) is 17.4. The van der Waals surface area contributed by atoms with Gasteiger partial charge in [0.25, 0.3) is 0 Å². The summed E-state index contributed by atoms with van der Waals surface area (Å²) in [5.74, 6) is 1.13. The van der Waals surface area contributed by atoms with Crippen LogP contribution >= 0.6 is 12.4 Å². The molecule has 0 aliphatic heterocycles. The molecule has 3 N–H and O–H groups in total. The van der Waals surface area contributed by atoms with E-state index in [1.165, 1.54) is 0 Å². The van der Waals surface area contributed by atoms with Crippen LogP contribution in [-0.2, 0) is 11.2 Å². The molecule has 0 aromatic heterocycles. The monoisotopic (exact) mass is 376 g/mol. The van der Waals surface area contributed by atoms with Crippen LogP contribution < -0.4 is 15.8 Å². The van der Waals surface area contributed by atoms with Crippen molar-refractivity contribution in [2.75, 3.05) is 7.11 Å². The van der Waals surface area contributed by atoms with Crippen LogP contribution in [0.5, 0.6) is 5.75 Å². The van der Waals surface area contributed by atoms with Crippen LogP contribution in [0.3, 0.4) is 0 Å². The second kappa shape index (κ2) is 10.8. The molecule has 2 aromatic rings. The fourth-order valence-electron chi connectivity index (χ4n) is 2.85. The van der Waals surface area contributed by atoms with Gasteiger partial charge < -0.3 is 15.8 Å². The Morgan fingerprint density at radius 2 is 1.69 bits per heavy atom. The molecule has 4 nitrogen and oxygen atoms in total. The fourth-order valence-corrected chi connectivity index (χ4v) is 2.85. The van der Waals surface area contributed by atoms with E-state index < -0.39 is 0 Å². The Hall–Kier alpha value is -2.04. The third-order valence-corrected chi connectivity index (χ3v) is 4.42. The van der Waals surface area contributed by atoms with Crippen molar-refractivity contribution in [2.24, 2.45) is 11.7 Å². The topological polar surface area (TPSA) is 64.3 Å². The molecule has 0 radical (unpaired) electrons. The molecule has 0 saturated carbocycles. The molecule has 0 saturated heterocycles. The van der Waals surface area contributed by atoms with Crippen LogP contribution in [0.15, 0.2) is 54.6 Å². The van der Waals surface area contributed by atoms with Crippen LogP contribution in [-0.4, -0.2) is 19.1 Å². The summed E-state index contributed by atoms with van der Waals surface area (Å²) in [5.41, 5.74) is 8.23. The highest BCUT2D eigenvalue weighted by atomic mass is 35.5. The van der Waals surface area contributed by atoms with Crippen LogP contribution in [0, 0.1) is 5.92 Å². The maximum absolute atomic E-state index is 12.5. The number of carbonyl (C=O) groups is 1. The number of hydrogen-bond acceptors (Lipinski definition) is 3. The Labute approximate surface area is 162 Å². The van der Waals surface area contributed by atoms with E-state index in [0.717, 1.165) is 23.3 Å². The van der Waals surface area contributed by atoms with Crippen molar-refractivity contribution in [2.45, 2.75) is 38.8 Å². The molecule has 2 rings (SSSR count). The van der Waals surface area contributed by atoms with Gasteiger partial charge in [0.05, 0.1) is 7.11 Å². The van der Waals surface area contributed by atoms with Gasteiger partial charge >= 0.3 is 0 Å². The smallest absolute Gasteiger partial charge is 0.222 e. The number of ether oxygens (including phenoxy) is 1. The largest absolute Gasteiger partial charge is 0.496 e. The van der Waals surface area contributed by atoms with Crippen LogP contribution in [0.25, 0.3) is 0 Å². The third kappa shape index (κ3) is 6.36. The fraction of sp³-hybridized carbons (Fsp3) is 0.381. The minimum Gasteiger partial charge on any atom is -0.496 e. The highest BCUT2D eigenvalue weighted by Gasteiger charge is 2.20. The van der Waals surface area contributed by atoms with Gasteiger partial charge in [-0.25, -0.2) is 0 Å². The highest BCUT2D eigenvalue weighted by Crippen LogP contribution is 2.21. The summed E-state index contributed by atoms with van der Waals surface area (Å²) < 4.78 is 5.42. The predicted molar refractivity (Wildman–Crippen MR) is 109 cm³/mol. The van der Waals surface area contributed by atoms with E-state index in [2.05, 4.69) is 19.2 Å². The lowest BCUT2D eigenvalue weighted by atomic mass is 9.95. The van der Waals surface area contributed by atoms with Crippen molar-refractivity contribution in [3.05, 3.63) is 65.7 Å². The summed E-state index contributed by atoms with van der Waals surface area (Å²) in [6.07, 6.45) is 1.01. The van der Waals surface area contributed by atoms with Gasteiger partial charge in [-0.05, 0) is 29.5 Å². The minimum atomic E-state index is -0.291. The first-order valence-electron chi connectivity index (χ1n) is 8.73. The summed E-state index contributed by atoms with van der Waals surface area (Å²) in [5, 5.41) is 3.14. The van der Waals surface area contributed by atoms with Crippen molar-refractivity contribution >= 4 is 18.3 Å². The first-order chi connectivity index (χ1) is 12.0. The zero-order valence-corrected chi connectivity index (χ0v) is 16.5. The van der Waals surface area contributed by atoms with Gasteiger partial charge in [-0.15, -0.1) is 12.4 Å². The van der Waals surface area contributed by atoms with Crippen molar-refractivity contribution in [3.63, 3.8) is 0 Å². The first kappa shape index (κ1) is 22.0. The molecule has 2 unspecified atom stereocenters. The van der Waals surface area contributed by atoms with E-state index in [0.29, 0.717) is 5.92 Å². The van der Waals surface area contributed by atoms with Gasteiger partial charge in [0.2, 0.25) is 5.91 Å². The Morgan fingerprint density at radius 1 is 1.08 bits per heavy atom. The predicted octanol–water partition coefficient (Wildman–Crippen LogP) is 3.89. The number of rotatable bonds is 8. The molecule has 0 fully saturated rings. The summed E-state index contributed by atoms with van der Waals surface area (Å²) >= 11 is 0. The lowest BCUT2D eigenvalue weighted by Crippen LogP contribution is -2.41. The Bertz CT molecular complexity index is 677. The lowest BCUT2D eigenvalue weighted by molar-refractivity contribution is -0.122. The van der Waals surface area contributed by atoms with Crippen LogP contribution in [0.1, 0.15) is 37.4 Å². The SMILES string of the molecule is COc1ccccc1CC(NC(=O)CC(N)c1ccccc1)C(C)C.Cl. The van der Waals surface area contributed by atoms with Crippen molar-refractivity contribution in [3.8, 4) is 5.75 Å². The normalized spacial score (nSPS) is 12.8. The lowest BCUT2D eigenvalue weighted by Gasteiger charge is -2.24. The van der Waals surface area contributed by atoms with Gasteiger partial charge in [0, 0.05) is 18.5 Å². The van der Waals surface area contributed by atoms with Gasteiger partial charge in [-0.1, -0.05) is 62.4 Å². The maximum atomic E-state index is 12.5. The molecule has 0 aliphatic rings. The van der Waals surface area contributed by atoms with Crippen molar-refractivity contribution in [1.29, 1.82) is 0 Å². The number of nitrogens with one attached hydrogen (secondary N) is 1. The number of para-hydroxylation sites is 1. The Balaban J connectivity index is 0.00000338. The third-order valence-electron chi connectivity index (χ3n) is 4.42. The average molecular weight is 377 g/mol. The molecule has 0 bridgehead atoms. The molecule has 1 amide bonds. The number of halogens is 1. The summed E-state index contributed by atoms with van der Waals surface area (Å²) in [7, 11) is 1.67. The van der Waals surface area contributed by atoms with Gasteiger partial charge in [-0.2, -0.15) is 0 Å². The first-order valence-corrected chi connectivity index (χ1v) is 8.73. The molecule has 2 atom stereocenters. The van der Waals surface area contributed by atoms with Gasteiger partial charge in [-0.3, -0.25) is 4.79 Å². The number of nitrogens with two attached hydrogens (primary N) is 1. The van der Waals surface area contributed by atoms with E-state index >= 15 is 0 Å². The number of carbonyl (C=O) groups excluding carboxylic acids is 1. The number of methoxy groups -OCH3 is 1. The van der Waals surface area contributed by atoms with Crippen molar-refractivity contribution < 1.29 is 9.53 Å². The Kier molecular flexibility index (Phi) is 9.17. The molecular weight excluding hydrogens is 348 g/mol. The van der Waals surface area contributed by atoms with Crippen molar-refractivity contribution in [1.82, 2.24) is 5.32 Å². The Morgan fingerprint density at radius 3 is 2.31 bits per heavy atom. The molecule has 26 heavy (non-hydrogen) atoms. The second-order valence-electron chi connectivity index (χ2n) is 6.66.